The molecule has 1 fully saturated rings. The minimum atomic E-state index is 0.0139. The Bertz CT molecular complexity index is 205. The van der Waals surface area contributed by atoms with Gasteiger partial charge in [0.1, 0.15) is 0 Å². The molecule has 0 heterocycles. The van der Waals surface area contributed by atoms with Crippen molar-refractivity contribution in [1.82, 2.24) is 0 Å². The maximum Gasteiger partial charge on any atom is 0.161 e. The molecule has 2 rings (SSSR count). The van der Waals surface area contributed by atoms with Crippen LogP contribution >= 0.6 is 0 Å². The molecule has 10 heavy (non-hydrogen) atoms. The molecule has 0 N–H and O–H groups in total. The summed E-state index contributed by atoms with van der Waals surface area (Å²) in [4.78, 5) is 11.3. The van der Waals surface area contributed by atoms with Gasteiger partial charge in [0.25, 0.3) is 0 Å². The van der Waals surface area contributed by atoms with Gasteiger partial charge in [-0.05, 0) is 24.8 Å². The van der Waals surface area contributed by atoms with E-state index in [0.29, 0.717) is 11.7 Å². The molecule has 0 bridgehead atoms. The molecule has 54 valence electrons. The zero-order valence-electron chi connectivity index (χ0n) is 6.26. The Morgan fingerprint density at radius 2 is 2.50 bits per heavy atom. The molecule has 0 aromatic heterocycles. The second-order valence-electron chi connectivity index (χ2n) is 3.64. The maximum atomic E-state index is 11.3. The minimum absolute atomic E-state index is 0.0139. The van der Waals surface area contributed by atoms with Crippen molar-refractivity contribution in [1.29, 1.82) is 0 Å². The summed E-state index contributed by atoms with van der Waals surface area (Å²) in [6, 6.07) is 0. The van der Waals surface area contributed by atoms with Gasteiger partial charge in [-0.25, -0.2) is 0 Å². The quantitative estimate of drug-likeness (QED) is 0.497. The fourth-order valence-corrected chi connectivity index (χ4v) is 2.20. The van der Waals surface area contributed by atoms with Crippen LogP contribution in [0.25, 0.3) is 0 Å². The predicted octanol–water partition coefficient (Wildman–Crippen LogP) is 1.93. The van der Waals surface area contributed by atoms with E-state index in [1.165, 1.54) is 12.8 Å². The molecule has 2 aliphatic carbocycles. The van der Waals surface area contributed by atoms with Crippen LogP contribution in [0, 0.1) is 11.3 Å². The lowest BCUT2D eigenvalue weighted by Gasteiger charge is -2.20. The van der Waals surface area contributed by atoms with Crippen LogP contribution in [0.15, 0.2) is 12.2 Å². The number of carbonyl (C=O) groups excluding carboxylic acids is 1. The van der Waals surface area contributed by atoms with Crippen LogP contribution in [-0.4, -0.2) is 5.78 Å². The Hall–Kier alpha value is -0.590. The maximum absolute atomic E-state index is 11.3. The molecular formula is C9H12O. The Morgan fingerprint density at radius 1 is 1.70 bits per heavy atom. The fourth-order valence-electron chi connectivity index (χ4n) is 2.20. The van der Waals surface area contributed by atoms with Gasteiger partial charge in [-0.15, -0.1) is 0 Å². The van der Waals surface area contributed by atoms with Gasteiger partial charge in [0.05, 0.1) is 0 Å². The van der Waals surface area contributed by atoms with Crippen LogP contribution in [0.3, 0.4) is 0 Å². The van der Waals surface area contributed by atoms with Crippen molar-refractivity contribution in [3.63, 3.8) is 0 Å². The molecular weight excluding hydrogens is 124 g/mol. The number of ketones is 1. The zero-order valence-corrected chi connectivity index (χ0v) is 6.26. The van der Waals surface area contributed by atoms with E-state index in [0.717, 1.165) is 6.42 Å². The minimum Gasteiger partial charge on any atom is -0.294 e. The van der Waals surface area contributed by atoms with E-state index in [1.54, 1.807) is 6.08 Å². The number of carbonyl (C=O) groups is 1. The van der Waals surface area contributed by atoms with Crippen LogP contribution in [0.5, 0.6) is 0 Å². The van der Waals surface area contributed by atoms with Crippen molar-refractivity contribution < 1.29 is 4.79 Å². The normalized spacial score (nSPS) is 44.5. The van der Waals surface area contributed by atoms with Crippen molar-refractivity contribution in [2.45, 2.75) is 26.2 Å². The largest absolute Gasteiger partial charge is 0.294 e. The summed E-state index contributed by atoms with van der Waals surface area (Å²) in [5, 5.41) is 0. The standard InChI is InChI=1S/C9H12O/c1-9-6-2-3-7(9)4-5-8(9)10/h4-5,7H,2-3,6H2,1H3. The summed E-state index contributed by atoms with van der Waals surface area (Å²) in [5.74, 6) is 0.926. The van der Waals surface area contributed by atoms with E-state index in [4.69, 9.17) is 0 Å². The van der Waals surface area contributed by atoms with Gasteiger partial charge in [0.15, 0.2) is 5.78 Å². The molecule has 0 radical (unpaired) electrons. The smallest absolute Gasteiger partial charge is 0.161 e. The van der Waals surface area contributed by atoms with Crippen LogP contribution in [-0.2, 0) is 4.79 Å². The van der Waals surface area contributed by atoms with Gasteiger partial charge in [-0.2, -0.15) is 0 Å². The van der Waals surface area contributed by atoms with Gasteiger partial charge in [-0.3, -0.25) is 4.79 Å². The number of rotatable bonds is 0. The van der Waals surface area contributed by atoms with E-state index < -0.39 is 0 Å². The first-order valence-corrected chi connectivity index (χ1v) is 3.96. The summed E-state index contributed by atoms with van der Waals surface area (Å²) in [7, 11) is 0. The Morgan fingerprint density at radius 3 is 3.20 bits per heavy atom. The second-order valence-corrected chi connectivity index (χ2v) is 3.64. The number of hydrogen-bond donors (Lipinski definition) is 0. The summed E-state index contributed by atoms with van der Waals surface area (Å²) >= 11 is 0. The van der Waals surface area contributed by atoms with E-state index in [1.807, 2.05) is 0 Å². The molecule has 0 saturated heterocycles. The van der Waals surface area contributed by atoms with Crippen molar-refractivity contribution in [2.75, 3.05) is 0 Å². The van der Waals surface area contributed by atoms with Gasteiger partial charge in [-0.1, -0.05) is 19.4 Å². The van der Waals surface area contributed by atoms with E-state index in [2.05, 4.69) is 13.0 Å². The lowest BCUT2D eigenvalue weighted by atomic mass is 9.81. The van der Waals surface area contributed by atoms with Gasteiger partial charge >= 0.3 is 0 Å². The third kappa shape index (κ3) is 0.556. The fraction of sp³-hybridized carbons (Fsp3) is 0.667. The first-order valence-electron chi connectivity index (χ1n) is 3.96. The Labute approximate surface area is 61.1 Å². The Balaban J connectivity index is 2.36. The highest BCUT2D eigenvalue weighted by Gasteiger charge is 2.45. The molecule has 2 unspecified atom stereocenters. The lowest BCUT2D eigenvalue weighted by Crippen LogP contribution is -2.24. The van der Waals surface area contributed by atoms with Crippen LogP contribution < -0.4 is 0 Å². The van der Waals surface area contributed by atoms with Crippen LogP contribution in [0.4, 0.5) is 0 Å². The highest BCUT2D eigenvalue weighted by atomic mass is 16.1. The van der Waals surface area contributed by atoms with Gasteiger partial charge < -0.3 is 0 Å². The molecule has 1 heteroatoms. The molecule has 0 aliphatic heterocycles. The first kappa shape index (κ1) is 6.14. The summed E-state index contributed by atoms with van der Waals surface area (Å²) in [5.41, 5.74) is 0.0139. The third-order valence-electron chi connectivity index (χ3n) is 3.07. The summed E-state index contributed by atoms with van der Waals surface area (Å²) in [6.07, 6.45) is 7.42. The SMILES string of the molecule is CC12CCCC1C=CC2=O. The van der Waals surface area contributed by atoms with Crippen LogP contribution in [0.2, 0.25) is 0 Å². The molecule has 2 aliphatic rings. The molecule has 2 atom stereocenters. The number of hydrogen-bond acceptors (Lipinski definition) is 1. The number of allylic oxidation sites excluding steroid dienone is 2. The summed E-state index contributed by atoms with van der Waals surface area (Å²) in [6.45, 7) is 2.10. The molecule has 1 saturated carbocycles. The average Bonchev–Trinajstić information content (AvgIpc) is 2.36. The van der Waals surface area contributed by atoms with Crippen molar-refractivity contribution in [2.24, 2.45) is 11.3 Å². The summed E-state index contributed by atoms with van der Waals surface area (Å²) < 4.78 is 0. The van der Waals surface area contributed by atoms with Crippen molar-refractivity contribution in [3.05, 3.63) is 12.2 Å². The number of fused-ring (bicyclic) bond motifs is 1. The molecule has 0 aromatic rings. The van der Waals surface area contributed by atoms with E-state index >= 15 is 0 Å². The second kappa shape index (κ2) is 1.71. The molecule has 1 nitrogen and oxygen atoms in total. The highest BCUT2D eigenvalue weighted by Crippen LogP contribution is 2.47. The van der Waals surface area contributed by atoms with Crippen LogP contribution in [0.1, 0.15) is 26.2 Å². The predicted molar refractivity (Wildman–Crippen MR) is 39.6 cm³/mol. The zero-order chi connectivity index (χ0) is 7.19. The molecule has 0 amide bonds. The molecule has 0 aromatic carbocycles. The van der Waals surface area contributed by atoms with Gasteiger partial charge in [0, 0.05) is 5.41 Å². The van der Waals surface area contributed by atoms with E-state index in [-0.39, 0.29) is 5.41 Å². The average molecular weight is 136 g/mol. The van der Waals surface area contributed by atoms with Crippen molar-refractivity contribution in [3.8, 4) is 0 Å². The highest BCUT2D eigenvalue weighted by molar-refractivity contribution is 5.97. The third-order valence-corrected chi connectivity index (χ3v) is 3.07. The lowest BCUT2D eigenvalue weighted by molar-refractivity contribution is -0.122. The molecule has 0 spiro atoms. The Kier molecular flexibility index (Phi) is 1.05. The topological polar surface area (TPSA) is 17.1 Å². The monoisotopic (exact) mass is 136 g/mol. The van der Waals surface area contributed by atoms with Crippen molar-refractivity contribution >= 4 is 5.78 Å². The van der Waals surface area contributed by atoms with Gasteiger partial charge in [0.2, 0.25) is 0 Å². The van der Waals surface area contributed by atoms with E-state index in [9.17, 15) is 4.79 Å². The first-order chi connectivity index (χ1) is 4.73.